The molecule has 0 aliphatic carbocycles. The van der Waals surface area contributed by atoms with Crippen molar-refractivity contribution in [3.63, 3.8) is 0 Å². The number of nitrogens with zero attached hydrogens (tertiary/aromatic N) is 3. The van der Waals surface area contributed by atoms with E-state index in [2.05, 4.69) is 39.2 Å². The Hall–Kier alpha value is -1.24. The number of rotatable bonds is 2. The molecule has 1 atom stereocenters. The normalized spacial score (nSPS) is 24.6. The molecule has 0 saturated carbocycles. The largest absolute Gasteiger partial charge is 0.312 e. The molecule has 110 valence electrons. The molecule has 2 N–H and O–H groups in total. The highest BCUT2D eigenvalue weighted by Gasteiger charge is 2.24. The Balaban J connectivity index is 1.80. The van der Waals surface area contributed by atoms with Crippen molar-refractivity contribution in [1.82, 2.24) is 25.1 Å². The van der Waals surface area contributed by atoms with Gasteiger partial charge in [-0.05, 0) is 14.1 Å². The van der Waals surface area contributed by atoms with E-state index in [-0.39, 0.29) is 5.56 Å². The fraction of sp³-hybridized carbons (Fsp3) is 0.714. The van der Waals surface area contributed by atoms with Crippen LogP contribution < -0.4 is 10.9 Å². The molecule has 2 aliphatic heterocycles. The van der Waals surface area contributed by atoms with Gasteiger partial charge in [0.15, 0.2) is 0 Å². The van der Waals surface area contributed by atoms with Crippen molar-refractivity contribution < 1.29 is 0 Å². The van der Waals surface area contributed by atoms with Gasteiger partial charge in [0.2, 0.25) is 0 Å². The van der Waals surface area contributed by atoms with E-state index >= 15 is 0 Å². The second-order valence-electron chi connectivity index (χ2n) is 5.97. The van der Waals surface area contributed by atoms with E-state index in [0.717, 1.165) is 56.1 Å². The summed E-state index contributed by atoms with van der Waals surface area (Å²) in [6.07, 6.45) is 1.67. The number of hydrogen-bond acceptors (Lipinski definition) is 5. The highest BCUT2D eigenvalue weighted by atomic mass is 16.1. The number of fused-ring (bicyclic) bond motifs is 1. The maximum absolute atomic E-state index is 12.1. The summed E-state index contributed by atoms with van der Waals surface area (Å²) in [4.78, 5) is 24.5. The van der Waals surface area contributed by atoms with Gasteiger partial charge in [-0.3, -0.25) is 4.79 Å². The maximum atomic E-state index is 12.1. The summed E-state index contributed by atoms with van der Waals surface area (Å²) in [6.45, 7) is 4.75. The highest BCUT2D eigenvalue weighted by molar-refractivity contribution is 5.20. The molecule has 20 heavy (non-hydrogen) atoms. The monoisotopic (exact) mass is 277 g/mol. The van der Waals surface area contributed by atoms with E-state index in [4.69, 9.17) is 0 Å². The summed E-state index contributed by atoms with van der Waals surface area (Å²) in [5.74, 6) is 0.836. The number of piperazine rings is 1. The van der Waals surface area contributed by atoms with Crippen LogP contribution in [-0.4, -0.2) is 66.1 Å². The van der Waals surface area contributed by atoms with Gasteiger partial charge in [-0.1, -0.05) is 0 Å². The van der Waals surface area contributed by atoms with E-state index in [1.54, 1.807) is 0 Å². The fourth-order valence-electron chi connectivity index (χ4n) is 3.05. The number of aromatic nitrogens is 2. The van der Waals surface area contributed by atoms with Crippen LogP contribution in [0, 0.1) is 0 Å². The van der Waals surface area contributed by atoms with Gasteiger partial charge in [0.25, 0.3) is 5.56 Å². The molecule has 1 aromatic heterocycles. The standard InChI is InChI=1S/C14H23N5O/c1-18-5-6-19(2)10(9-18)7-13-16-12-3-4-15-8-11(12)14(20)17-13/h10,15H,3-9H2,1-2H3,(H,16,17,20). The topological polar surface area (TPSA) is 64.3 Å². The predicted octanol–water partition coefficient (Wildman–Crippen LogP) is -0.796. The van der Waals surface area contributed by atoms with Crippen molar-refractivity contribution in [3.8, 4) is 0 Å². The molecule has 0 spiro atoms. The van der Waals surface area contributed by atoms with Crippen LogP contribution in [-0.2, 0) is 19.4 Å². The number of nitrogens with one attached hydrogen (secondary N) is 2. The van der Waals surface area contributed by atoms with Gasteiger partial charge < -0.3 is 20.1 Å². The Morgan fingerprint density at radius 2 is 2.20 bits per heavy atom. The van der Waals surface area contributed by atoms with Crippen molar-refractivity contribution in [2.24, 2.45) is 0 Å². The zero-order valence-corrected chi connectivity index (χ0v) is 12.3. The molecular formula is C14H23N5O. The van der Waals surface area contributed by atoms with Crippen LogP contribution in [0.2, 0.25) is 0 Å². The third-order valence-electron chi connectivity index (χ3n) is 4.40. The lowest BCUT2D eigenvalue weighted by Gasteiger charge is -2.37. The average molecular weight is 277 g/mol. The molecule has 0 aromatic carbocycles. The van der Waals surface area contributed by atoms with Crippen molar-refractivity contribution in [2.45, 2.75) is 25.4 Å². The van der Waals surface area contributed by atoms with Crippen LogP contribution in [0.15, 0.2) is 4.79 Å². The molecule has 1 fully saturated rings. The minimum Gasteiger partial charge on any atom is -0.312 e. The molecule has 0 radical (unpaired) electrons. The average Bonchev–Trinajstić information content (AvgIpc) is 2.43. The molecule has 0 amide bonds. The van der Waals surface area contributed by atoms with Gasteiger partial charge in [-0.25, -0.2) is 4.98 Å². The Morgan fingerprint density at radius 1 is 1.35 bits per heavy atom. The van der Waals surface area contributed by atoms with Gasteiger partial charge in [0.05, 0.1) is 11.3 Å². The highest BCUT2D eigenvalue weighted by Crippen LogP contribution is 2.12. The van der Waals surface area contributed by atoms with E-state index in [0.29, 0.717) is 12.6 Å². The number of aromatic amines is 1. The van der Waals surface area contributed by atoms with Gasteiger partial charge in [-0.15, -0.1) is 0 Å². The first-order valence-corrected chi connectivity index (χ1v) is 7.34. The molecule has 1 aromatic rings. The minimum absolute atomic E-state index is 0.0315. The van der Waals surface area contributed by atoms with Gasteiger partial charge in [0.1, 0.15) is 5.82 Å². The van der Waals surface area contributed by atoms with Crippen LogP contribution in [0.25, 0.3) is 0 Å². The van der Waals surface area contributed by atoms with Crippen molar-refractivity contribution >= 4 is 0 Å². The summed E-state index contributed by atoms with van der Waals surface area (Å²) in [6, 6.07) is 0.427. The van der Waals surface area contributed by atoms with Crippen LogP contribution in [0.1, 0.15) is 17.1 Å². The Kier molecular flexibility index (Phi) is 3.87. The first-order valence-electron chi connectivity index (χ1n) is 7.34. The lowest BCUT2D eigenvalue weighted by molar-refractivity contribution is 0.113. The van der Waals surface area contributed by atoms with Crippen LogP contribution in [0.4, 0.5) is 0 Å². The van der Waals surface area contributed by atoms with Crippen LogP contribution in [0.5, 0.6) is 0 Å². The van der Waals surface area contributed by atoms with Crippen LogP contribution in [0.3, 0.4) is 0 Å². The second-order valence-corrected chi connectivity index (χ2v) is 5.97. The fourth-order valence-corrected chi connectivity index (χ4v) is 3.05. The first-order chi connectivity index (χ1) is 9.63. The summed E-state index contributed by atoms with van der Waals surface area (Å²) >= 11 is 0. The van der Waals surface area contributed by atoms with E-state index in [1.165, 1.54) is 0 Å². The van der Waals surface area contributed by atoms with Crippen molar-refractivity contribution in [2.75, 3.05) is 40.3 Å². The lowest BCUT2D eigenvalue weighted by Crippen LogP contribution is -2.51. The molecule has 6 nitrogen and oxygen atoms in total. The van der Waals surface area contributed by atoms with Crippen molar-refractivity contribution in [3.05, 3.63) is 27.4 Å². The van der Waals surface area contributed by atoms with Gasteiger partial charge in [0, 0.05) is 51.6 Å². The molecule has 3 rings (SSSR count). The van der Waals surface area contributed by atoms with E-state index in [1.807, 2.05) is 0 Å². The zero-order chi connectivity index (χ0) is 14.1. The Bertz CT molecular complexity index is 541. The van der Waals surface area contributed by atoms with Crippen molar-refractivity contribution in [1.29, 1.82) is 0 Å². The quantitative estimate of drug-likeness (QED) is 0.741. The molecule has 2 aliphatic rings. The maximum Gasteiger partial charge on any atom is 0.255 e. The third-order valence-corrected chi connectivity index (χ3v) is 4.40. The smallest absolute Gasteiger partial charge is 0.255 e. The van der Waals surface area contributed by atoms with E-state index < -0.39 is 0 Å². The number of hydrogen-bond donors (Lipinski definition) is 2. The zero-order valence-electron chi connectivity index (χ0n) is 12.3. The second kappa shape index (κ2) is 5.63. The minimum atomic E-state index is 0.0315. The van der Waals surface area contributed by atoms with Crippen LogP contribution >= 0.6 is 0 Å². The summed E-state index contributed by atoms with van der Waals surface area (Å²) in [5.41, 5.74) is 1.83. The third kappa shape index (κ3) is 2.77. The molecule has 6 heteroatoms. The van der Waals surface area contributed by atoms with E-state index in [9.17, 15) is 4.79 Å². The Labute approximate surface area is 119 Å². The lowest BCUT2D eigenvalue weighted by atomic mass is 10.1. The molecule has 1 saturated heterocycles. The molecule has 1 unspecified atom stereocenters. The number of likely N-dealkylation sites (N-methyl/N-ethyl adjacent to an activating group) is 2. The molecule has 3 heterocycles. The number of H-pyrrole nitrogens is 1. The molecule has 0 bridgehead atoms. The first kappa shape index (κ1) is 13.7. The summed E-state index contributed by atoms with van der Waals surface area (Å²) in [7, 11) is 4.30. The Morgan fingerprint density at radius 3 is 3.05 bits per heavy atom. The molecular weight excluding hydrogens is 254 g/mol. The van der Waals surface area contributed by atoms with Gasteiger partial charge >= 0.3 is 0 Å². The van der Waals surface area contributed by atoms with Gasteiger partial charge in [-0.2, -0.15) is 0 Å². The SMILES string of the molecule is CN1CCN(C)C(Cc2nc3c(c(=O)[nH]2)CNCC3)C1. The predicted molar refractivity (Wildman–Crippen MR) is 77.9 cm³/mol. The summed E-state index contributed by atoms with van der Waals surface area (Å²) in [5, 5.41) is 3.22. The summed E-state index contributed by atoms with van der Waals surface area (Å²) < 4.78 is 0.